The molecule has 1 atom stereocenters. The Hall–Kier alpha value is -1.67. The molecule has 0 saturated heterocycles. The molecule has 0 fully saturated rings. The molecule has 0 heterocycles. The van der Waals surface area contributed by atoms with Gasteiger partial charge < -0.3 is 16.2 Å². The van der Waals surface area contributed by atoms with E-state index < -0.39 is 16.9 Å². The van der Waals surface area contributed by atoms with Gasteiger partial charge in [0.25, 0.3) is 5.69 Å². The van der Waals surface area contributed by atoms with Gasteiger partial charge >= 0.3 is 0 Å². The molecular weight excluding hydrogens is 294 g/mol. The van der Waals surface area contributed by atoms with Crippen LogP contribution < -0.4 is 11.1 Å². The number of hydrogen-bond donors (Lipinski definition) is 3. The number of nitro groups is 1. The number of non-ortho nitro benzene ring substituents is 1. The molecule has 0 aliphatic carbocycles. The van der Waals surface area contributed by atoms with Crippen molar-refractivity contribution in [2.45, 2.75) is 6.10 Å². The second-order valence-electron chi connectivity index (χ2n) is 3.22. The van der Waals surface area contributed by atoms with E-state index >= 15 is 0 Å². The van der Waals surface area contributed by atoms with E-state index in [2.05, 4.69) is 21.2 Å². The molecule has 1 aromatic carbocycles. The maximum atomic E-state index is 10.6. The van der Waals surface area contributed by atoms with Crippen LogP contribution in [0.3, 0.4) is 0 Å². The lowest BCUT2D eigenvalue weighted by atomic mass is 10.2. The number of nitrogens with zero attached hydrogens (tertiary/aromatic N) is 1. The molecular formula is C9H10BrN3O4. The summed E-state index contributed by atoms with van der Waals surface area (Å²) in [5, 5.41) is 22.4. The van der Waals surface area contributed by atoms with Gasteiger partial charge in [-0.2, -0.15) is 0 Å². The Labute approximate surface area is 105 Å². The standard InChI is InChI=1S/C9H10BrN3O4/c10-6-3-5(13(16)17)1-2-7(6)12-4-8(14)9(11)15/h1-3,8,12,14H,4H2,(H2,11,15). The summed E-state index contributed by atoms with van der Waals surface area (Å²) in [5.74, 6) is -0.837. The Morgan fingerprint density at radius 3 is 2.76 bits per heavy atom. The van der Waals surface area contributed by atoms with Crippen LogP contribution in [0, 0.1) is 10.1 Å². The van der Waals surface area contributed by atoms with Gasteiger partial charge in [0.15, 0.2) is 0 Å². The number of benzene rings is 1. The summed E-state index contributed by atoms with van der Waals surface area (Å²) in [6.07, 6.45) is -1.31. The number of primary amides is 1. The Balaban J connectivity index is 2.73. The molecule has 92 valence electrons. The zero-order chi connectivity index (χ0) is 13.0. The minimum Gasteiger partial charge on any atom is -0.381 e. The van der Waals surface area contributed by atoms with Crippen LogP contribution in [0.2, 0.25) is 0 Å². The third-order valence-electron chi connectivity index (χ3n) is 1.98. The number of amides is 1. The van der Waals surface area contributed by atoms with Crippen molar-refractivity contribution in [1.29, 1.82) is 0 Å². The van der Waals surface area contributed by atoms with Crippen molar-refractivity contribution in [3.8, 4) is 0 Å². The average molecular weight is 304 g/mol. The minimum atomic E-state index is -1.31. The van der Waals surface area contributed by atoms with Crippen molar-refractivity contribution in [3.63, 3.8) is 0 Å². The van der Waals surface area contributed by atoms with Crippen LogP contribution in [0.15, 0.2) is 22.7 Å². The lowest BCUT2D eigenvalue weighted by molar-refractivity contribution is -0.384. The Bertz CT molecular complexity index is 452. The first-order valence-corrected chi connectivity index (χ1v) is 5.36. The number of aliphatic hydroxyl groups is 1. The molecule has 1 rings (SSSR count). The van der Waals surface area contributed by atoms with Gasteiger partial charge in [0.05, 0.1) is 4.92 Å². The van der Waals surface area contributed by atoms with Crippen LogP contribution in [-0.2, 0) is 4.79 Å². The van der Waals surface area contributed by atoms with Crippen LogP contribution >= 0.6 is 15.9 Å². The number of carbonyl (C=O) groups excluding carboxylic acids is 1. The van der Waals surface area contributed by atoms with E-state index in [9.17, 15) is 14.9 Å². The van der Waals surface area contributed by atoms with Crippen molar-refractivity contribution >= 4 is 33.2 Å². The molecule has 0 spiro atoms. The lowest BCUT2D eigenvalue weighted by Crippen LogP contribution is -2.34. The summed E-state index contributed by atoms with van der Waals surface area (Å²) in [6, 6.07) is 4.10. The molecule has 0 aliphatic rings. The molecule has 0 aromatic heterocycles. The zero-order valence-corrected chi connectivity index (χ0v) is 10.2. The predicted molar refractivity (Wildman–Crippen MR) is 64.5 cm³/mol. The summed E-state index contributed by atoms with van der Waals surface area (Å²) in [6.45, 7) is -0.0637. The van der Waals surface area contributed by atoms with E-state index in [-0.39, 0.29) is 12.2 Å². The maximum absolute atomic E-state index is 10.6. The lowest BCUT2D eigenvalue weighted by Gasteiger charge is -2.10. The topological polar surface area (TPSA) is 118 Å². The first kappa shape index (κ1) is 13.4. The van der Waals surface area contributed by atoms with Crippen molar-refractivity contribution < 1.29 is 14.8 Å². The number of hydrogen-bond acceptors (Lipinski definition) is 5. The number of nitrogens with one attached hydrogen (secondary N) is 1. The quantitative estimate of drug-likeness (QED) is 0.544. The summed E-state index contributed by atoms with van der Waals surface area (Å²) in [4.78, 5) is 20.5. The summed E-state index contributed by atoms with van der Waals surface area (Å²) in [5.41, 5.74) is 5.34. The van der Waals surface area contributed by atoms with Crippen LogP contribution in [0.5, 0.6) is 0 Å². The maximum Gasteiger partial charge on any atom is 0.270 e. The van der Waals surface area contributed by atoms with Gasteiger partial charge in [0.1, 0.15) is 6.10 Å². The van der Waals surface area contributed by atoms with Gasteiger partial charge in [-0.15, -0.1) is 0 Å². The number of carbonyl (C=O) groups is 1. The fourth-order valence-electron chi connectivity index (χ4n) is 1.07. The molecule has 1 aromatic rings. The largest absolute Gasteiger partial charge is 0.381 e. The smallest absolute Gasteiger partial charge is 0.270 e. The number of anilines is 1. The molecule has 0 aliphatic heterocycles. The Morgan fingerprint density at radius 2 is 2.29 bits per heavy atom. The second kappa shape index (κ2) is 5.60. The van der Waals surface area contributed by atoms with E-state index in [0.717, 1.165) is 0 Å². The van der Waals surface area contributed by atoms with Gasteiger partial charge in [0.2, 0.25) is 5.91 Å². The van der Waals surface area contributed by atoms with Crippen LogP contribution in [0.4, 0.5) is 11.4 Å². The average Bonchev–Trinajstić information content (AvgIpc) is 2.26. The number of aliphatic hydroxyl groups excluding tert-OH is 1. The SMILES string of the molecule is NC(=O)C(O)CNc1ccc([N+](=O)[O-])cc1Br. The first-order chi connectivity index (χ1) is 7.91. The molecule has 17 heavy (non-hydrogen) atoms. The number of halogens is 1. The van der Waals surface area contributed by atoms with Gasteiger partial charge in [-0.25, -0.2) is 0 Å². The first-order valence-electron chi connectivity index (χ1n) is 4.57. The van der Waals surface area contributed by atoms with Gasteiger partial charge in [-0.1, -0.05) is 0 Å². The molecule has 8 heteroatoms. The van der Waals surface area contributed by atoms with Gasteiger partial charge in [-0.05, 0) is 22.0 Å². The zero-order valence-electron chi connectivity index (χ0n) is 8.59. The van der Waals surface area contributed by atoms with Crippen molar-refractivity contribution in [2.24, 2.45) is 5.73 Å². The van der Waals surface area contributed by atoms with Crippen molar-refractivity contribution in [1.82, 2.24) is 0 Å². The summed E-state index contributed by atoms with van der Waals surface area (Å²) < 4.78 is 0.461. The van der Waals surface area contributed by atoms with E-state index in [1.54, 1.807) is 0 Å². The van der Waals surface area contributed by atoms with E-state index in [4.69, 9.17) is 10.8 Å². The van der Waals surface area contributed by atoms with E-state index in [1.165, 1.54) is 18.2 Å². The van der Waals surface area contributed by atoms with Gasteiger partial charge in [-0.3, -0.25) is 14.9 Å². The van der Waals surface area contributed by atoms with Crippen molar-refractivity contribution in [2.75, 3.05) is 11.9 Å². The van der Waals surface area contributed by atoms with Crippen LogP contribution in [0.1, 0.15) is 0 Å². The van der Waals surface area contributed by atoms with E-state index in [0.29, 0.717) is 10.2 Å². The molecule has 0 saturated carbocycles. The molecule has 0 bridgehead atoms. The highest BCUT2D eigenvalue weighted by atomic mass is 79.9. The summed E-state index contributed by atoms with van der Waals surface area (Å²) >= 11 is 3.14. The highest BCUT2D eigenvalue weighted by molar-refractivity contribution is 9.10. The van der Waals surface area contributed by atoms with Crippen molar-refractivity contribution in [3.05, 3.63) is 32.8 Å². The fourth-order valence-corrected chi connectivity index (χ4v) is 1.58. The molecule has 4 N–H and O–H groups in total. The Morgan fingerprint density at radius 1 is 1.65 bits per heavy atom. The monoisotopic (exact) mass is 303 g/mol. The summed E-state index contributed by atoms with van der Waals surface area (Å²) in [7, 11) is 0. The van der Waals surface area contributed by atoms with E-state index in [1.807, 2.05) is 0 Å². The third kappa shape index (κ3) is 3.68. The highest BCUT2D eigenvalue weighted by Crippen LogP contribution is 2.26. The highest BCUT2D eigenvalue weighted by Gasteiger charge is 2.12. The van der Waals surface area contributed by atoms with Gasteiger partial charge in [0, 0.05) is 28.8 Å². The third-order valence-corrected chi connectivity index (χ3v) is 2.63. The number of rotatable bonds is 5. The number of nitro benzene ring substituents is 1. The normalized spacial score (nSPS) is 11.9. The number of nitrogens with two attached hydrogens (primary N) is 1. The molecule has 1 amide bonds. The molecule has 0 radical (unpaired) electrons. The molecule has 7 nitrogen and oxygen atoms in total. The molecule has 1 unspecified atom stereocenters. The second-order valence-corrected chi connectivity index (χ2v) is 4.07. The Kier molecular flexibility index (Phi) is 4.41. The predicted octanol–water partition coefficient (Wildman–Crippen LogP) is 0.615. The van der Waals surface area contributed by atoms with Crippen LogP contribution in [-0.4, -0.2) is 28.6 Å². The van der Waals surface area contributed by atoms with Crippen LogP contribution in [0.25, 0.3) is 0 Å². The minimum absolute atomic E-state index is 0.0575. The fraction of sp³-hybridized carbons (Fsp3) is 0.222.